The number of rotatable bonds is 6. The predicted octanol–water partition coefficient (Wildman–Crippen LogP) is -2.13. The van der Waals surface area contributed by atoms with Crippen LogP contribution in [0.15, 0.2) is 11.6 Å². The van der Waals surface area contributed by atoms with E-state index < -0.39 is 54.3 Å². The van der Waals surface area contributed by atoms with E-state index in [0.29, 0.717) is 19.3 Å². The number of carboxylic acids is 1. The predicted molar refractivity (Wildman–Crippen MR) is 113 cm³/mol. The van der Waals surface area contributed by atoms with Crippen LogP contribution >= 0.6 is 0 Å². The van der Waals surface area contributed by atoms with Gasteiger partial charge in [-0.2, -0.15) is 0 Å². The van der Waals surface area contributed by atoms with Gasteiger partial charge in [0.2, 0.25) is 5.78 Å². The van der Waals surface area contributed by atoms with Gasteiger partial charge in [0.15, 0.2) is 12.4 Å². The van der Waals surface area contributed by atoms with Gasteiger partial charge in [0.25, 0.3) is 0 Å². The number of carboxylic acid groups (broad SMARTS) is 1. The number of ketones is 2. The standard InChI is InChI=1S/C25H34O8.Na/c1-23-9-7-15(26)11-14(23)3-4-16-17-8-10-25(32,24(17,2)12-18(27)22(16)23)19(28)13-33-21(31)6-5-20(29)30;/h11,16-18,22,27,32H,3-10,12-13H2,1-2H3,(H,29,30);/q;+1/p-1/t16?,17?,18-,22?,23-,24-,25-;/m0./s1. The summed E-state index contributed by atoms with van der Waals surface area (Å²) in [6, 6.07) is 0. The SMILES string of the molecule is C[C@]12CCC(=O)C=C1CCC1C2[C@@H](O)C[C@@]2(C)C1CC[C@]2(O)C(=O)COC(=O)CCC(=O)[O-].[Na+]. The van der Waals surface area contributed by atoms with Crippen LogP contribution in [0.1, 0.15) is 71.6 Å². The van der Waals surface area contributed by atoms with Crippen molar-refractivity contribution in [2.24, 2.45) is 28.6 Å². The molecule has 0 aliphatic heterocycles. The van der Waals surface area contributed by atoms with Gasteiger partial charge in [0.05, 0.1) is 12.5 Å². The minimum atomic E-state index is -1.72. The average molecular weight is 485 g/mol. The van der Waals surface area contributed by atoms with E-state index in [4.69, 9.17) is 4.74 Å². The number of ether oxygens (including phenoxy) is 1. The van der Waals surface area contributed by atoms with Crippen molar-refractivity contribution in [2.45, 2.75) is 83.3 Å². The van der Waals surface area contributed by atoms with Crippen LogP contribution < -0.4 is 34.7 Å². The molecule has 0 bridgehead atoms. The number of fused-ring (bicyclic) bond motifs is 5. The molecule has 0 aromatic heterocycles. The molecule has 4 aliphatic carbocycles. The van der Waals surface area contributed by atoms with Crippen molar-refractivity contribution in [3.8, 4) is 0 Å². The maximum Gasteiger partial charge on any atom is 1.00 e. The molecule has 0 aromatic rings. The Balaban J connectivity index is 0.00000324. The van der Waals surface area contributed by atoms with Gasteiger partial charge < -0.3 is 24.9 Å². The van der Waals surface area contributed by atoms with Gasteiger partial charge in [-0.3, -0.25) is 14.4 Å². The molecule has 3 unspecified atom stereocenters. The topological polar surface area (TPSA) is 141 Å². The van der Waals surface area contributed by atoms with E-state index >= 15 is 0 Å². The van der Waals surface area contributed by atoms with Gasteiger partial charge in [-0.1, -0.05) is 19.4 Å². The monoisotopic (exact) mass is 484 g/mol. The van der Waals surface area contributed by atoms with Crippen LogP contribution in [0, 0.1) is 28.6 Å². The van der Waals surface area contributed by atoms with Gasteiger partial charge in [-0.15, -0.1) is 0 Å². The van der Waals surface area contributed by atoms with Crippen molar-refractivity contribution in [1.29, 1.82) is 0 Å². The molecule has 4 aliphatic rings. The van der Waals surface area contributed by atoms with E-state index in [-0.39, 0.29) is 71.4 Å². The molecule has 0 spiro atoms. The molecule has 34 heavy (non-hydrogen) atoms. The second-order valence-corrected chi connectivity index (χ2v) is 10.9. The molecule has 0 aromatic carbocycles. The van der Waals surface area contributed by atoms with Crippen molar-refractivity contribution in [1.82, 2.24) is 0 Å². The fourth-order valence-electron chi connectivity index (χ4n) is 7.69. The van der Waals surface area contributed by atoms with Crippen molar-refractivity contribution in [3.63, 3.8) is 0 Å². The number of hydrogen-bond donors (Lipinski definition) is 2. The first kappa shape index (κ1) is 27.5. The maximum atomic E-state index is 13.1. The summed E-state index contributed by atoms with van der Waals surface area (Å²) in [6.07, 6.45) is 4.07. The number of aliphatic carboxylic acids is 1. The quantitative estimate of drug-likeness (QED) is 0.322. The summed E-state index contributed by atoms with van der Waals surface area (Å²) >= 11 is 0. The number of aliphatic hydroxyl groups excluding tert-OH is 1. The van der Waals surface area contributed by atoms with Gasteiger partial charge >= 0.3 is 35.5 Å². The third kappa shape index (κ3) is 4.34. The Morgan fingerprint density at radius 3 is 2.53 bits per heavy atom. The number of hydrogen-bond acceptors (Lipinski definition) is 8. The van der Waals surface area contributed by atoms with Gasteiger partial charge in [-0.25, -0.2) is 0 Å². The molecule has 3 saturated carbocycles. The summed E-state index contributed by atoms with van der Waals surface area (Å²) < 4.78 is 4.95. The molecule has 8 nitrogen and oxygen atoms in total. The minimum Gasteiger partial charge on any atom is -0.550 e. The summed E-state index contributed by atoms with van der Waals surface area (Å²) in [4.78, 5) is 47.3. The second-order valence-electron chi connectivity index (χ2n) is 10.9. The summed E-state index contributed by atoms with van der Waals surface area (Å²) in [5.41, 5.74) is -1.71. The minimum absolute atomic E-state index is 0. The number of carbonyl (C=O) groups is 4. The van der Waals surface area contributed by atoms with E-state index in [1.165, 1.54) is 0 Å². The smallest absolute Gasteiger partial charge is 0.550 e. The third-order valence-corrected chi connectivity index (χ3v) is 9.41. The fourth-order valence-corrected chi connectivity index (χ4v) is 7.69. The van der Waals surface area contributed by atoms with Crippen molar-refractivity contribution < 1.29 is 68.8 Å². The van der Waals surface area contributed by atoms with Crippen molar-refractivity contribution in [2.75, 3.05) is 6.61 Å². The number of carbonyl (C=O) groups excluding carboxylic acids is 4. The Kier molecular flexibility index (Phi) is 7.91. The molecule has 4 rings (SSSR count). The average Bonchev–Trinajstić information content (AvgIpc) is 3.02. The third-order valence-electron chi connectivity index (χ3n) is 9.41. The Morgan fingerprint density at radius 2 is 1.85 bits per heavy atom. The van der Waals surface area contributed by atoms with E-state index in [1.807, 2.05) is 6.92 Å². The maximum absolute atomic E-state index is 13.1. The van der Waals surface area contributed by atoms with Crippen LogP contribution in [0.2, 0.25) is 0 Å². The Hall–Kier alpha value is -1.06. The number of Topliss-reactive ketones (excluding diaryl/α,β-unsaturated/α-hetero) is 1. The molecule has 3 fully saturated rings. The van der Waals surface area contributed by atoms with E-state index in [2.05, 4.69) is 6.92 Å². The first-order valence-corrected chi connectivity index (χ1v) is 12.0. The molecule has 9 heteroatoms. The molecule has 0 amide bonds. The zero-order valence-electron chi connectivity index (χ0n) is 20.3. The molecule has 7 atom stereocenters. The van der Waals surface area contributed by atoms with Crippen LogP contribution in [-0.2, 0) is 23.9 Å². The van der Waals surface area contributed by atoms with Gasteiger partial charge in [0, 0.05) is 17.8 Å². The van der Waals surface area contributed by atoms with Crippen LogP contribution in [0.4, 0.5) is 0 Å². The Bertz CT molecular complexity index is 915. The normalized spacial score (nSPS) is 40.7. The number of esters is 1. The molecule has 0 heterocycles. The van der Waals surface area contributed by atoms with Crippen LogP contribution in [0.3, 0.4) is 0 Å². The van der Waals surface area contributed by atoms with E-state index in [0.717, 1.165) is 18.4 Å². The van der Waals surface area contributed by atoms with E-state index in [1.54, 1.807) is 6.08 Å². The molecular weight excluding hydrogens is 451 g/mol. The van der Waals surface area contributed by atoms with Crippen molar-refractivity contribution >= 4 is 23.5 Å². The summed E-state index contributed by atoms with van der Waals surface area (Å²) in [6.45, 7) is 3.38. The Morgan fingerprint density at radius 1 is 1.15 bits per heavy atom. The molecule has 2 N–H and O–H groups in total. The molecular formula is C25H33NaO8. The zero-order chi connectivity index (χ0) is 24.2. The first-order valence-electron chi connectivity index (χ1n) is 12.0. The van der Waals surface area contributed by atoms with Gasteiger partial charge in [-0.05, 0) is 74.2 Å². The molecule has 182 valence electrons. The fraction of sp³-hybridized carbons (Fsp3) is 0.760. The second kappa shape index (κ2) is 9.77. The molecule has 0 saturated heterocycles. The molecule has 0 radical (unpaired) electrons. The summed E-state index contributed by atoms with van der Waals surface area (Å²) in [5, 5.41) is 33.4. The van der Waals surface area contributed by atoms with Crippen molar-refractivity contribution in [3.05, 3.63) is 11.6 Å². The number of aliphatic hydroxyl groups is 2. The van der Waals surface area contributed by atoms with Crippen LogP contribution in [-0.4, -0.2) is 52.0 Å². The van der Waals surface area contributed by atoms with Gasteiger partial charge in [0.1, 0.15) is 5.60 Å². The summed E-state index contributed by atoms with van der Waals surface area (Å²) in [7, 11) is 0. The largest absolute Gasteiger partial charge is 1.00 e. The van der Waals surface area contributed by atoms with Crippen LogP contribution in [0.5, 0.6) is 0 Å². The van der Waals surface area contributed by atoms with E-state index in [9.17, 15) is 34.5 Å². The Labute approximate surface area is 221 Å². The van der Waals surface area contributed by atoms with Crippen LogP contribution in [0.25, 0.3) is 0 Å². The zero-order valence-corrected chi connectivity index (χ0v) is 22.3. The number of allylic oxidation sites excluding steroid dienone is 1. The summed E-state index contributed by atoms with van der Waals surface area (Å²) in [5.74, 6) is -2.53. The first-order chi connectivity index (χ1) is 15.4.